The first kappa shape index (κ1) is 15.3. The molecular formula is C18H28N4. The molecule has 0 bridgehead atoms. The van der Waals surface area contributed by atoms with Crippen LogP contribution < -0.4 is 11.1 Å². The van der Waals surface area contributed by atoms with Gasteiger partial charge < -0.3 is 11.1 Å². The molecule has 1 aromatic rings. The Bertz CT molecular complexity index is 499. The predicted octanol–water partition coefficient (Wildman–Crippen LogP) is 2.18. The van der Waals surface area contributed by atoms with Crippen LogP contribution in [0.2, 0.25) is 0 Å². The highest BCUT2D eigenvalue weighted by Crippen LogP contribution is 2.47. The first-order valence-corrected chi connectivity index (χ1v) is 8.60. The summed E-state index contributed by atoms with van der Waals surface area (Å²) in [5, 5.41) is 3.31. The molecule has 0 spiro atoms. The minimum atomic E-state index is 0.613. The van der Waals surface area contributed by atoms with E-state index in [2.05, 4.69) is 52.5 Å². The van der Waals surface area contributed by atoms with Crippen LogP contribution in [0.4, 0.5) is 0 Å². The van der Waals surface area contributed by atoms with Gasteiger partial charge in [0.1, 0.15) is 0 Å². The molecule has 0 aromatic heterocycles. The van der Waals surface area contributed by atoms with E-state index in [0.717, 1.165) is 19.6 Å². The summed E-state index contributed by atoms with van der Waals surface area (Å²) < 4.78 is 0. The molecule has 2 fully saturated rings. The summed E-state index contributed by atoms with van der Waals surface area (Å²) in [5.74, 6) is 1.96. The van der Waals surface area contributed by atoms with Gasteiger partial charge in [0.25, 0.3) is 0 Å². The molecular weight excluding hydrogens is 272 g/mol. The Morgan fingerprint density at radius 1 is 1.36 bits per heavy atom. The van der Waals surface area contributed by atoms with Crippen LogP contribution in [-0.4, -0.2) is 43.1 Å². The van der Waals surface area contributed by atoms with Crippen LogP contribution in [0.3, 0.4) is 0 Å². The van der Waals surface area contributed by atoms with Gasteiger partial charge in [0.2, 0.25) is 0 Å². The van der Waals surface area contributed by atoms with E-state index in [1.165, 1.54) is 31.4 Å². The molecule has 2 aliphatic rings. The Labute approximate surface area is 133 Å². The second kappa shape index (κ2) is 7.14. The summed E-state index contributed by atoms with van der Waals surface area (Å²) in [7, 11) is 0. The van der Waals surface area contributed by atoms with E-state index >= 15 is 0 Å². The third-order valence-corrected chi connectivity index (χ3v) is 5.07. The van der Waals surface area contributed by atoms with E-state index in [1.54, 1.807) is 0 Å². The molecule has 4 heteroatoms. The number of aliphatic imine (C=N–C) groups is 1. The van der Waals surface area contributed by atoms with E-state index in [1.807, 2.05) is 0 Å². The highest BCUT2D eigenvalue weighted by atomic mass is 15.2. The van der Waals surface area contributed by atoms with Gasteiger partial charge in [-0.1, -0.05) is 37.3 Å². The first-order chi connectivity index (χ1) is 10.8. The van der Waals surface area contributed by atoms with Crippen molar-refractivity contribution in [2.45, 2.75) is 38.1 Å². The Balaban J connectivity index is 1.40. The SMILES string of the molecule is CCN1CCCC1CNC(N)=NCC1CC1c1ccccc1. The average molecular weight is 300 g/mol. The highest BCUT2D eigenvalue weighted by molar-refractivity contribution is 5.77. The Morgan fingerprint density at radius 3 is 2.95 bits per heavy atom. The number of hydrogen-bond acceptors (Lipinski definition) is 2. The lowest BCUT2D eigenvalue weighted by atomic mass is 10.1. The normalized spacial score (nSPS) is 28.8. The molecule has 0 amide bonds. The third-order valence-electron chi connectivity index (χ3n) is 5.07. The second-order valence-electron chi connectivity index (χ2n) is 6.54. The maximum Gasteiger partial charge on any atom is 0.188 e. The zero-order valence-corrected chi connectivity index (χ0v) is 13.5. The van der Waals surface area contributed by atoms with Crippen molar-refractivity contribution in [3.63, 3.8) is 0 Å². The van der Waals surface area contributed by atoms with Gasteiger partial charge in [0.15, 0.2) is 5.96 Å². The van der Waals surface area contributed by atoms with Crippen molar-refractivity contribution in [2.24, 2.45) is 16.6 Å². The molecule has 120 valence electrons. The lowest BCUT2D eigenvalue weighted by molar-refractivity contribution is 0.267. The van der Waals surface area contributed by atoms with Gasteiger partial charge in [-0.15, -0.1) is 0 Å². The van der Waals surface area contributed by atoms with Crippen molar-refractivity contribution in [1.29, 1.82) is 0 Å². The summed E-state index contributed by atoms with van der Waals surface area (Å²) >= 11 is 0. The number of nitrogens with one attached hydrogen (secondary N) is 1. The minimum absolute atomic E-state index is 0.613. The zero-order chi connectivity index (χ0) is 15.4. The molecule has 3 N–H and O–H groups in total. The quantitative estimate of drug-likeness (QED) is 0.625. The van der Waals surface area contributed by atoms with Gasteiger partial charge in [0.05, 0.1) is 0 Å². The summed E-state index contributed by atoms with van der Waals surface area (Å²) in [4.78, 5) is 7.06. The second-order valence-corrected chi connectivity index (χ2v) is 6.54. The van der Waals surface area contributed by atoms with Crippen LogP contribution in [0.25, 0.3) is 0 Å². The van der Waals surface area contributed by atoms with Crippen molar-refractivity contribution in [3.05, 3.63) is 35.9 Å². The number of likely N-dealkylation sites (N-methyl/N-ethyl adjacent to an activating group) is 1. The minimum Gasteiger partial charge on any atom is -0.370 e. The van der Waals surface area contributed by atoms with Crippen molar-refractivity contribution < 1.29 is 0 Å². The topological polar surface area (TPSA) is 53.6 Å². The maximum atomic E-state index is 6.02. The fourth-order valence-corrected chi connectivity index (χ4v) is 3.59. The Morgan fingerprint density at radius 2 is 2.18 bits per heavy atom. The Hall–Kier alpha value is -1.55. The van der Waals surface area contributed by atoms with Crippen LogP contribution >= 0.6 is 0 Å². The molecule has 1 aromatic carbocycles. The smallest absolute Gasteiger partial charge is 0.188 e. The molecule has 1 aliphatic carbocycles. The fraction of sp³-hybridized carbons (Fsp3) is 0.611. The summed E-state index contributed by atoms with van der Waals surface area (Å²) in [5.41, 5.74) is 7.46. The third kappa shape index (κ3) is 3.80. The standard InChI is InChI=1S/C18H28N4/c1-2-22-10-6-9-16(22)13-21-18(19)20-12-15-11-17(15)14-7-4-3-5-8-14/h3-5,7-8,15-17H,2,6,9-13H2,1H3,(H3,19,20,21). The molecule has 3 rings (SSSR count). The van der Waals surface area contributed by atoms with Crippen molar-refractivity contribution in [2.75, 3.05) is 26.2 Å². The summed E-state index contributed by atoms with van der Waals surface area (Å²) in [6.07, 6.45) is 3.82. The van der Waals surface area contributed by atoms with E-state index < -0.39 is 0 Å². The maximum absolute atomic E-state index is 6.02. The number of likely N-dealkylation sites (tertiary alicyclic amines) is 1. The number of rotatable bonds is 6. The molecule has 22 heavy (non-hydrogen) atoms. The van der Waals surface area contributed by atoms with Crippen LogP contribution in [0.15, 0.2) is 35.3 Å². The van der Waals surface area contributed by atoms with Crippen LogP contribution in [0, 0.1) is 5.92 Å². The first-order valence-electron chi connectivity index (χ1n) is 8.60. The van der Waals surface area contributed by atoms with E-state index in [9.17, 15) is 0 Å². The number of nitrogens with zero attached hydrogens (tertiary/aromatic N) is 2. The van der Waals surface area contributed by atoms with Gasteiger partial charge in [-0.3, -0.25) is 9.89 Å². The molecule has 1 aliphatic heterocycles. The van der Waals surface area contributed by atoms with E-state index in [4.69, 9.17) is 5.73 Å². The van der Waals surface area contributed by atoms with Crippen molar-refractivity contribution >= 4 is 5.96 Å². The van der Waals surface area contributed by atoms with Crippen LogP contribution in [-0.2, 0) is 0 Å². The number of nitrogens with two attached hydrogens (primary N) is 1. The van der Waals surface area contributed by atoms with Crippen molar-refractivity contribution in [1.82, 2.24) is 10.2 Å². The lowest BCUT2D eigenvalue weighted by Gasteiger charge is -2.23. The van der Waals surface area contributed by atoms with E-state index in [-0.39, 0.29) is 0 Å². The summed E-state index contributed by atoms with van der Waals surface area (Å²) in [6.45, 7) is 6.36. The average Bonchev–Trinajstić information content (AvgIpc) is 3.20. The number of hydrogen-bond donors (Lipinski definition) is 2. The van der Waals surface area contributed by atoms with Crippen LogP contribution in [0.5, 0.6) is 0 Å². The Kier molecular flexibility index (Phi) is 4.98. The largest absolute Gasteiger partial charge is 0.370 e. The van der Waals surface area contributed by atoms with Crippen LogP contribution in [0.1, 0.15) is 37.7 Å². The van der Waals surface area contributed by atoms with Gasteiger partial charge >= 0.3 is 0 Å². The monoisotopic (exact) mass is 300 g/mol. The highest BCUT2D eigenvalue weighted by Gasteiger charge is 2.37. The molecule has 0 radical (unpaired) electrons. The summed E-state index contributed by atoms with van der Waals surface area (Å²) in [6, 6.07) is 11.4. The molecule has 1 saturated heterocycles. The number of benzene rings is 1. The van der Waals surface area contributed by atoms with Gasteiger partial charge in [-0.25, -0.2) is 0 Å². The molecule has 1 heterocycles. The van der Waals surface area contributed by atoms with Crippen molar-refractivity contribution in [3.8, 4) is 0 Å². The molecule has 4 nitrogen and oxygen atoms in total. The van der Waals surface area contributed by atoms with Gasteiger partial charge in [0, 0.05) is 19.1 Å². The molecule has 3 unspecified atom stereocenters. The molecule has 1 saturated carbocycles. The van der Waals surface area contributed by atoms with E-state index in [0.29, 0.717) is 23.8 Å². The lowest BCUT2D eigenvalue weighted by Crippen LogP contribution is -2.42. The predicted molar refractivity (Wildman–Crippen MR) is 92.1 cm³/mol. The zero-order valence-electron chi connectivity index (χ0n) is 13.5. The van der Waals surface area contributed by atoms with Gasteiger partial charge in [-0.2, -0.15) is 0 Å². The van der Waals surface area contributed by atoms with Gasteiger partial charge in [-0.05, 0) is 49.8 Å². The number of guanidine groups is 1. The molecule has 3 atom stereocenters. The fourth-order valence-electron chi connectivity index (χ4n) is 3.59.